The predicted octanol–water partition coefficient (Wildman–Crippen LogP) is 4.79. The third-order valence-corrected chi connectivity index (χ3v) is 28.9. The van der Waals surface area contributed by atoms with Crippen molar-refractivity contribution in [2.75, 3.05) is 0 Å². The third-order valence-electron chi connectivity index (χ3n) is 4.66. The van der Waals surface area contributed by atoms with Crippen molar-refractivity contribution in [3.63, 3.8) is 0 Å². The van der Waals surface area contributed by atoms with Crippen LogP contribution in [-0.2, 0) is 2.79 Å². The Morgan fingerprint density at radius 3 is 1.43 bits per heavy atom. The molecule has 0 heterocycles. The van der Waals surface area contributed by atoms with E-state index in [9.17, 15) is 0 Å². The molecule has 2 aromatic carbocycles. The van der Waals surface area contributed by atoms with E-state index in [2.05, 4.69) is 86.0 Å². The van der Waals surface area contributed by atoms with E-state index in [0.29, 0.717) is 0 Å². The maximum atomic E-state index is 7.25. The summed E-state index contributed by atoms with van der Waals surface area (Å²) in [6.45, 7) is 4.61. The van der Waals surface area contributed by atoms with Crippen LogP contribution in [-0.4, -0.2) is 27.2 Å². The van der Waals surface area contributed by atoms with Gasteiger partial charge in [-0.1, -0.05) is 0 Å². The summed E-state index contributed by atoms with van der Waals surface area (Å²) in [5.41, 5.74) is 0. The summed E-state index contributed by atoms with van der Waals surface area (Å²) in [5.74, 6) is 4.95. The van der Waals surface area contributed by atoms with Crippen LogP contribution in [0.3, 0.4) is 0 Å². The number of rotatable bonds is 8. The molecule has 0 aliphatic heterocycles. The average molecular weight is 432 g/mol. The molecule has 0 saturated heterocycles. The summed E-state index contributed by atoms with van der Waals surface area (Å²) < 4.78 is 10.1. The van der Waals surface area contributed by atoms with Crippen molar-refractivity contribution in [3.8, 4) is 0 Å². The molecule has 0 N–H and O–H groups in total. The molecular formula is C20H30Ge2O. The molecule has 2 aromatic rings. The third kappa shape index (κ3) is 4.74. The molecule has 0 atom stereocenters. The zero-order chi connectivity index (χ0) is 16.8. The van der Waals surface area contributed by atoms with Gasteiger partial charge in [0.1, 0.15) is 0 Å². The van der Waals surface area contributed by atoms with Crippen LogP contribution in [0.5, 0.6) is 0 Å². The van der Waals surface area contributed by atoms with Crippen molar-refractivity contribution in [3.05, 3.63) is 60.7 Å². The van der Waals surface area contributed by atoms with Crippen LogP contribution >= 0.6 is 0 Å². The Labute approximate surface area is 147 Å². The van der Waals surface area contributed by atoms with Gasteiger partial charge in [-0.15, -0.1) is 0 Å². The zero-order valence-electron chi connectivity index (χ0n) is 15.0. The van der Waals surface area contributed by atoms with Gasteiger partial charge in [0.15, 0.2) is 0 Å². The fraction of sp³-hybridized carbons (Fsp3) is 0.400. The summed E-state index contributed by atoms with van der Waals surface area (Å²) in [4.78, 5) is 0. The first-order chi connectivity index (χ1) is 11.0. The topological polar surface area (TPSA) is 9.23 Å². The first kappa shape index (κ1) is 18.8. The van der Waals surface area contributed by atoms with Gasteiger partial charge < -0.3 is 0 Å². The molecule has 0 bridgehead atoms. The number of hydrogen-bond donors (Lipinski definition) is 0. The van der Waals surface area contributed by atoms with Gasteiger partial charge >= 0.3 is 148 Å². The van der Waals surface area contributed by atoms with Crippen LogP contribution in [0, 0.1) is 0 Å². The van der Waals surface area contributed by atoms with Gasteiger partial charge in [0, 0.05) is 0 Å². The summed E-state index contributed by atoms with van der Waals surface area (Å²) in [5, 5.41) is 2.63. The van der Waals surface area contributed by atoms with E-state index in [1.54, 1.807) is 0 Å². The van der Waals surface area contributed by atoms with Crippen molar-refractivity contribution < 1.29 is 2.79 Å². The standard InChI is InChI=1S/C20H30Ge2O/c1-5-17-21(3,18-6-2)23-22(4,19-13-9-7-10-14-19)20-15-11-8-12-16-20/h7-16H,5-6,17-18H2,1-4H3. The summed E-state index contributed by atoms with van der Waals surface area (Å²) in [7, 11) is 0. The van der Waals surface area contributed by atoms with Gasteiger partial charge in [-0.3, -0.25) is 0 Å². The minimum atomic E-state index is -2.75. The molecule has 0 aromatic heterocycles. The fourth-order valence-corrected chi connectivity index (χ4v) is 31.2. The van der Waals surface area contributed by atoms with Crippen molar-refractivity contribution in [2.24, 2.45) is 0 Å². The summed E-state index contributed by atoms with van der Waals surface area (Å²) in [6.07, 6.45) is 2.50. The fourth-order valence-electron chi connectivity index (χ4n) is 3.57. The molecule has 23 heavy (non-hydrogen) atoms. The Morgan fingerprint density at radius 1 is 0.696 bits per heavy atom. The maximum absolute atomic E-state index is 7.25. The Morgan fingerprint density at radius 2 is 1.09 bits per heavy atom. The van der Waals surface area contributed by atoms with Crippen molar-refractivity contribution >= 4 is 36.0 Å². The van der Waals surface area contributed by atoms with Crippen molar-refractivity contribution in [1.82, 2.24) is 0 Å². The summed E-state index contributed by atoms with van der Waals surface area (Å²) >= 11 is -4.99. The second-order valence-corrected chi connectivity index (χ2v) is 24.4. The Bertz CT molecular complexity index is 538. The van der Waals surface area contributed by atoms with Gasteiger partial charge in [-0.2, -0.15) is 0 Å². The minimum absolute atomic E-state index is 1.25. The van der Waals surface area contributed by atoms with Crippen LogP contribution in [0.2, 0.25) is 22.0 Å². The molecule has 2 rings (SSSR count). The Kier molecular flexibility index (Phi) is 6.99. The molecule has 3 heteroatoms. The first-order valence-electron chi connectivity index (χ1n) is 8.85. The molecular weight excluding hydrogens is 401 g/mol. The molecule has 0 aliphatic carbocycles. The predicted molar refractivity (Wildman–Crippen MR) is 107 cm³/mol. The van der Waals surface area contributed by atoms with Crippen LogP contribution in [0.1, 0.15) is 26.7 Å². The first-order valence-corrected chi connectivity index (χ1v) is 19.8. The molecule has 0 amide bonds. The van der Waals surface area contributed by atoms with Crippen LogP contribution in [0.4, 0.5) is 0 Å². The Balaban J connectivity index is 2.46. The van der Waals surface area contributed by atoms with Crippen LogP contribution in [0.15, 0.2) is 60.7 Å². The van der Waals surface area contributed by atoms with Crippen molar-refractivity contribution in [1.29, 1.82) is 0 Å². The van der Waals surface area contributed by atoms with Gasteiger partial charge in [-0.05, 0) is 0 Å². The van der Waals surface area contributed by atoms with E-state index < -0.39 is 27.2 Å². The SMILES string of the molecule is CC[CH2][Ge]([CH3])([CH2]CC)[O][Ge]([CH3])([c]1ccccc1)[c]1ccccc1. The van der Waals surface area contributed by atoms with Crippen molar-refractivity contribution in [2.45, 2.75) is 48.7 Å². The normalized spacial score (nSPS) is 12.3. The van der Waals surface area contributed by atoms with E-state index in [0.717, 1.165) is 0 Å². The van der Waals surface area contributed by atoms with Crippen LogP contribution < -0.4 is 8.79 Å². The van der Waals surface area contributed by atoms with E-state index >= 15 is 0 Å². The molecule has 0 saturated carbocycles. The van der Waals surface area contributed by atoms with E-state index in [1.807, 2.05) is 0 Å². The molecule has 0 fully saturated rings. The zero-order valence-corrected chi connectivity index (χ0v) is 19.2. The number of hydrogen-bond acceptors (Lipinski definition) is 1. The molecule has 0 radical (unpaired) electrons. The molecule has 0 unspecified atom stereocenters. The van der Waals surface area contributed by atoms with Gasteiger partial charge in [0.05, 0.1) is 0 Å². The molecule has 1 nitrogen and oxygen atoms in total. The number of benzene rings is 2. The molecule has 0 aliphatic rings. The van der Waals surface area contributed by atoms with Gasteiger partial charge in [0.25, 0.3) is 0 Å². The Hall–Kier alpha value is -0.514. The van der Waals surface area contributed by atoms with Gasteiger partial charge in [-0.25, -0.2) is 0 Å². The van der Waals surface area contributed by atoms with E-state index in [4.69, 9.17) is 2.79 Å². The van der Waals surface area contributed by atoms with Crippen LogP contribution in [0.25, 0.3) is 0 Å². The second kappa shape index (κ2) is 8.54. The second-order valence-electron chi connectivity index (χ2n) is 6.82. The van der Waals surface area contributed by atoms with E-state index in [1.165, 1.54) is 32.1 Å². The summed E-state index contributed by atoms with van der Waals surface area (Å²) in [6, 6.07) is 22.0. The average Bonchev–Trinajstić information content (AvgIpc) is 2.56. The van der Waals surface area contributed by atoms with E-state index in [-0.39, 0.29) is 0 Å². The molecule has 124 valence electrons. The molecule has 0 spiro atoms. The monoisotopic (exact) mass is 434 g/mol. The quantitative estimate of drug-likeness (QED) is 0.546. The van der Waals surface area contributed by atoms with Gasteiger partial charge in [0.2, 0.25) is 0 Å².